The summed E-state index contributed by atoms with van der Waals surface area (Å²) in [6, 6.07) is 16.1. The first-order valence-corrected chi connectivity index (χ1v) is 8.49. The monoisotopic (exact) mass is 469 g/mol. The molecule has 0 heterocycles. The van der Waals surface area contributed by atoms with E-state index < -0.39 is 0 Å². The topological polar surface area (TPSA) is 54.9 Å². The van der Waals surface area contributed by atoms with Crippen molar-refractivity contribution in [2.75, 3.05) is 33.9 Å². The Kier molecular flexibility index (Phi) is 10.5. The molecule has 0 aliphatic rings. The highest BCUT2D eigenvalue weighted by atomic mass is 127. The highest BCUT2D eigenvalue weighted by Crippen LogP contribution is 2.17. The van der Waals surface area contributed by atoms with Gasteiger partial charge < -0.3 is 20.1 Å². The van der Waals surface area contributed by atoms with Gasteiger partial charge in [0.15, 0.2) is 5.96 Å². The second-order valence-electron chi connectivity index (χ2n) is 5.65. The quantitative estimate of drug-likeness (QED) is 0.269. The molecule has 0 bridgehead atoms. The highest BCUT2D eigenvalue weighted by molar-refractivity contribution is 14.0. The number of nitrogens with zero attached hydrogens (tertiary/aromatic N) is 1. The summed E-state index contributed by atoms with van der Waals surface area (Å²) in [4.78, 5) is 4.23. The molecule has 0 fully saturated rings. The normalized spacial score (nSPS) is 10.7. The van der Waals surface area contributed by atoms with Gasteiger partial charge in [0.1, 0.15) is 18.1 Å². The Hall–Kier alpha value is -1.96. The minimum atomic E-state index is 0. The summed E-state index contributed by atoms with van der Waals surface area (Å²) < 4.78 is 11.1. The van der Waals surface area contributed by atoms with Crippen molar-refractivity contribution in [3.8, 4) is 11.5 Å². The van der Waals surface area contributed by atoms with Gasteiger partial charge in [-0.25, -0.2) is 0 Å². The van der Waals surface area contributed by atoms with Crippen LogP contribution in [0.5, 0.6) is 11.5 Å². The number of para-hydroxylation sites is 1. The molecule has 0 aliphatic carbocycles. The summed E-state index contributed by atoms with van der Waals surface area (Å²) in [5.74, 6) is 2.57. The molecular formula is C20H28IN3O2. The van der Waals surface area contributed by atoms with Gasteiger partial charge in [0.05, 0.1) is 13.7 Å². The molecule has 0 atom stereocenters. The molecule has 0 aromatic heterocycles. The van der Waals surface area contributed by atoms with Crippen LogP contribution in [0.15, 0.2) is 53.5 Å². The van der Waals surface area contributed by atoms with Gasteiger partial charge in [-0.3, -0.25) is 4.99 Å². The summed E-state index contributed by atoms with van der Waals surface area (Å²) in [6.07, 6.45) is 0.866. The van der Waals surface area contributed by atoms with Crippen molar-refractivity contribution in [2.45, 2.75) is 13.3 Å². The maximum atomic E-state index is 5.72. The van der Waals surface area contributed by atoms with E-state index in [4.69, 9.17) is 9.47 Å². The average molecular weight is 469 g/mol. The molecule has 0 unspecified atom stereocenters. The standard InChI is InChI=1S/C20H27N3O2.HI/c1-16-7-6-9-18(15-16)25-14-13-23-20(21-2)22-12-11-17-8-4-5-10-19(17)24-3;/h4-10,15H,11-14H2,1-3H3,(H2,21,22,23);1H. The lowest BCUT2D eigenvalue weighted by Crippen LogP contribution is -2.40. The number of guanidine groups is 1. The molecule has 2 rings (SSSR count). The fraction of sp³-hybridized carbons (Fsp3) is 0.350. The number of halogens is 1. The number of ether oxygens (including phenoxy) is 2. The molecule has 6 heteroatoms. The number of methoxy groups -OCH3 is 1. The van der Waals surface area contributed by atoms with E-state index in [0.717, 1.165) is 30.4 Å². The summed E-state index contributed by atoms with van der Waals surface area (Å²) in [6.45, 7) is 4.09. The molecule has 2 aromatic carbocycles. The molecule has 0 amide bonds. The summed E-state index contributed by atoms with van der Waals surface area (Å²) in [7, 11) is 3.46. The SMILES string of the molecule is CN=C(NCCOc1cccc(C)c1)NCCc1ccccc1OC.I. The zero-order chi connectivity index (χ0) is 17.9. The van der Waals surface area contributed by atoms with Gasteiger partial charge in [0.2, 0.25) is 0 Å². The number of nitrogens with one attached hydrogen (secondary N) is 2. The van der Waals surface area contributed by atoms with E-state index in [2.05, 4.69) is 34.7 Å². The first kappa shape index (κ1) is 22.1. The van der Waals surface area contributed by atoms with E-state index in [0.29, 0.717) is 13.2 Å². The lowest BCUT2D eigenvalue weighted by atomic mass is 10.1. The van der Waals surface area contributed by atoms with E-state index in [1.807, 2.05) is 36.4 Å². The Labute approximate surface area is 173 Å². The van der Waals surface area contributed by atoms with Crippen LogP contribution in [0.25, 0.3) is 0 Å². The van der Waals surface area contributed by atoms with Crippen LogP contribution in [0.2, 0.25) is 0 Å². The fourth-order valence-electron chi connectivity index (χ4n) is 2.49. The van der Waals surface area contributed by atoms with Gasteiger partial charge in [0.25, 0.3) is 0 Å². The molecule has 0 saturated carbocycles. The van der Waals surface area contributed by atoms with Gasteiger partial charge in [-0.15, -0.1) is 24.0 Å². The van der Waals surface area contributed by atoms with E-state index in [1.54, 1.807) is 14.2 Å². The van der Waals surface area contributed by atoms with Crippen LogP contribution in [0, 0.1) is 6.92 Å². The van der Waals surface area contributed by atoms with Crippen molar-refractivity contribution in [1.29, 1.82) is 0 Å². The molecule has 2 N–H and O–H groups in total. The number of aliphatic imine (C=N–C) groups is 1. The third-order valence-electron chi connectivity index (χ3n) is 3.76. The largest absolute Gasteiger partial charge is 0.496 e. The highest BCUT2D eigenvalue weighted by Gasteiger charge is 2.02. The molecule has 26 heavy (non-hydrogen) atoms. The van der Waals surface area contributed by atoms with Gasteiger partial charge >= 0.3 is 0 Å². The van der Waals surface area contributed by atoms with Crippen molar-refractivity contribution in [3.05, 3.63) is 59.7 Å². The lowest BCUT2D eigenvalue weighted by Gasteiger charge is -2.13. The van der Waals surface area contributed by atoms with Gasteiger partial charge in [0, 0.05) is 13.6 Å². The van der Waals surface area contributed by atoms with Crippen LogP contribution in [-0.4, -0.2) is 39.8 Å². The number of aryl methyl sites for hydroxylation is 1. The number of benzene rings is 2. The number of hydrogen-bond acceptors (Lipinski definition) is 3. The van der Waals surface area contributed by atoms with Crippen LogP contribution in [0.3, 0.4) is 0 Å². The van der Waals surface area contributed by atoms with Gasteiger partial charge in [-0.1, -0.05) is 30.3 Å². The molecule has 0 saturated heterocycles. The van der Waals surface area contributed by atoms with E-state index >= 15 is 0 Å². The third kappa shape index (κ3) is 7.51. The second-order valence-corrected chi connectivity index (χ2v) is 5.65. The fourth-order valence-corrected chi connectivity index (χ4v) is 2.49. The first-order valence-electron chi connectivity index (χ1n) is 8.49. The Bertz CT molecular complexity index is 692. The molecule has 2 aromatic rings. The molecule has 142 valence electrons. The van der Waals surface area contributed by atoms with Gasteiger partial charge in [-0.2, -0.15) is 0 Å². The van der Waals surface area contributed by atoms with Crippen molar-refractivity contribution in [2.24, 2.45) is 4.99 Å². The third-order valence-corrected chi connectivity index (χ3v) is 3.76. The molecule has 0 spiro atoms. The zero-order valence-corrected chi connectivity index (χ0v) is 17.9. The minimum Gasteiger partial charge on any atom is -0.496 e. The second kappa shape index (κ2) is 12.4. The van der Waals surface area contributed by atoms with E-state index in [9.17, 15) is 0 Å². The predicted molar refractivity (Wildman–Crippen MR) is 118 cm³/mol. The summed E-state index contributed by atoms with van der Waals surface area (Å²) in [5.41, 5.74) is 2.37. The maximum Gasteiger partial charge on any atom is 0.191 e. The first-order chi connectivity index (χ1) is 12.2. The molecular weight excluding hydrogens is 441 g/mol. The van der Waals surface area contributed by atoms with Crippen LogP contribution in [0.1, 0.15) is 11.1 Å². The number of hydrogen-bond donors (Lipinski definition) is 2. The van der Waals surface area contributed by atoms with E-state index in [1.165, 1.54) is 11.1 Å². The summed E-state index contributed by atoms with van der Waals surface area (Å²) in [5, 5.41) is 6.56. The lowest BCUT2D eigenvalue weighted by molar-refractivity contribution is 0.321. The van der Waals surface area contributed by atoms with E-state index in [-0.39, 0.29) is 24.0 Å². The van der Waals surface area contributed by atoms with Crippen molar-refractivity contribution in [3.63, 3.8) is 0 Å². The van der Waals surface area contributed by atoms with Crippen LogP contribution in [-0.2, 0) is 6.42 Å². The van der Waals surface area contributed by atoms with Gasteiger partial charge in [-0.05, 0) is 42.7 Å². The Balaban J connectivity index is 0.00000338. The predicted octanol–water partition coefficient (Wildman–Crippen LogP) is 3.41. The molecule has 0 radical (unpaired) electrons. The van der Waals surface area contributed by atoms with Crippen LogP contribution in [0.4, 0.5) is 0 Å². The Morgan fingerprint density at radius 1 is 1.04 bits per heavy atom. The Morgan fingerprint density at radius 2 is 1.81 bits per heavy atom. The zero-order valence-electron chi connectivity index (χ0n) is 15.6. The van der Waals surface area contributed by atoms with Crippen LogP contribution < -0.4 is 20.1 Å². The average Bonchev–Trinajstić information content (AvgIpc) is 2.64. The smallest absolute Gasteiger partial charge is 0.191 e. The molecule has 0 aliphatic heterocycles. The maximum absolute atomic E-state index is 5.72. The Morgan fingerprint density at radius 3 is 2.54 bits per heavy atom. The van der Waals surface area contributed by atoms with Crippen molar-refractivity contribution >= 4 is 29.9 Å². The summed E-state index contributed by atoms with van der Waals surface area (Å²) >= 11 is 0. The van der Waals surface area contributed by atoms with Crippen LogP contribution >= 0.6 is 24.0 Å². The minimum absolute atomic E-state index is 0. The molecule has 5 nitrogen and oxygen atoms in total. The van der Waals surface area contributed by atoms with Crippen molar-refractivity contribution < 1.29 is 9.47 Å². The van der Waals surface area contributed by atoms with Crippen molar-refractivity contribution in [1.82, 2.24) is 10.6 Å². The number of rotatable bonds is 8.